The first-order valence-electron chi connectivity index (χ1n) is 7.08. The van der Waals surface area contributed by atoms with Gasteiger partial charge < -0.3 is 5.32 Å². The highest BCUT2D eigenvalue weighted by atomic mass is 35.5. The van der Waals surface area contributed by atoms with E-state index in [0.717, 1.165) is 13.0 Å². The fraction of sp³-hybridized carbons (Fsp3) is 0.714. The standard InChI is InChI=1S/C14H24ClN3OS/c1-11(2)18-14(19)13(15)12(10-17-18)16-8-6-4-5-7-9-20-3/h10-11,16H,4-9H2,1-3H3. The zero-order valence-corrected chi connectivity index (χ0v) is 14.1. The second-order valence-electron chi connectivity index (χ2n) is 5.05. The molecule has 1 rings (SSSR count). The summed E-state index contributed by atoms with van der Waals surface area (Å²) in [6.45, 7) is 4.64. The Morgan fingerprint density at radius 1 is 1.35 bits per heavy atom. The quantitative estimate of drug-likeness (QED) is 0.703. The number of halogens is 1. The van der Waals surface area contributed by atoms with Crippen LogP contribution in [0.15, 0.2) is 11.0 Å². The Morgan fingerprint density at radius 3 is 2.70 bits per heavy atom. The summed E-state index contributed by atoms with van der Waals surface area (Å²) < 4.78 is 1.40. The van der Waals surface area contributed by atoms with Crippen molar-refractivity contribution in [2.24, 2.45) is 0 Å². The minimum Gasteiger partial charge on any atom is -0.382 e. The highest BCUT2D eigenvalue weighted by Gasteiger charge is 2.10. The molecule has 0 saturated heterocycles. The second-order valence-corrected chi connectivity index (χ2v) is 6.41. The number of hydrogen-bond donors (Lipinski definition) is 1. The van der Waals surface area contributed by atoms with Crippen molar-refractivity contribution in [1.29, 1.82) is 0 Å². The number of hydrogen-bond acceptors (Lipinski definition) is 4. The van der Waals surface area contributed by atoms with E-state index in [9.17, 15) is 4.79 Å². The van der Waals surface area contributed by atoms with Crippen molar-refractivity contribution in [2.75, 3.05) is 23.9 Å². The van der Waals surface area contributed by atoms with Gasteiger partial charge in [0.1, 0.15) is 5.02 Å². The average molecular weight is 318 g/mol. The molecule has 0 unspecified atom stereocenters. The first-order chi connectivity index (χ1) is 9.57. The van der Waals surface area contributed by atoms with Gasteiger partial charge in [-0.2, -0.15) is 16.9 Å². The predicted molar refractivity (Wildman–Crippen MR) is 89.2 cm³/mol. The van der Waals surface area contributed by atoms with Crippen LogP contribution >= 0.6 is 23.4 Å². The van der Waals surface area contributed by atoms with E-state index in [-0.39, 0.29) is 16.6 Å². The van der Waals surface area contributed by atoms with E-state index in [1.807, 2.05) is 25.6 Å². The molecule has 0 amide bonds. The van der Waals surface area contributed by atoms with Crippen molar-refractivity contribution in [3.63, 3.8) is 0 Å². The topological polar surface area (TPSA) is 46.9 Å². The molecule has 0 bridgehead atoms. The van der Waals surface area contributed by atoms with Crippen LogP contribution < -0.4 is 10.9 Å². The molecule has 0 aromatic carbocycles. The lowest BCUT2D eigenvalue weighted by Gasteiger charge is -2.12. The zero-order chi connectivity index (χ0) is 15.0. The molecule has 0 radical (unpaired) electrons. The summed E-state index contributed by atoms with van der Waals surface area (Å²) >= 11 is 7.98. The van der Waals surface area contributed by atoms with E-state index < -0.39 is 0 Å². The number of unbranched alkanes of at least 4 members (excludes halogenated alkanes) is 3. The van der Waals surface area contributed by atoms with Gasteiger partial charge in [0.25, 0.3) is 5.56 Å². The SMILES string of the molecule is CSCCCCCCNc1cnn(C(C)C)c(=O)c1Cl. The predicted octanol–water partition coefficient (Wildman–Crippen LogP) is 3.81. The van der Waals surface area contributed by atoms with Crippen LogP contribution in [0.25, 0.3) is 0 Å². The van der Waals surface area contributed by atoms with Gasteiger partial charge in [0.05, 0.1) is 17.9 Å². The molecule has 6 heteroatoms. The third-order valence-corrected chi connectivity index (χ3v) is 4.09. The second kappa shape index (κ2) is 9.29. The van der Waals surface area contributed by atoms with E-state index in [4.69, 9.17) is 11.6 Å². The Balaban J connectivity index is 2.42. The van der Waals surface area contributed by atoms with Crippen LogP contribution in [-0.4, -0.2) is 28.3 Å². The summed E-state index contributed by atoms with van der Waals surface area (Å²) in [5.41, 5.74) is 0.407. The molecule has 0 spiro atoms. The Hall–Kier alpha value is -0.680. The molecule has 20 heavy (non-hydrogen) atoms. The lowest BCUT2D eigenvalue weighted by atomic mass is 10.2. The van der Waals surface area contributed by atoms with Crippen LogP contribution in [0.5, 0.6) is 0 Å². The highest BCUT2D eigenvalue weighted by Crippen LogP contribution is 2.16. The van der Waals surface area contributed by atoms with Gasteiger partial charge in [-0.15, -0.1) is 0 Å². The number of rotatable bonds is 9. The molecule has 1 N–H and O–H groups in total. The molecule has 1 aromatic heterocycles. The first-order valence-corrected chi connectivity index (χ1v) is 8.85. The van der Waals surface area contributed by atoms with Gasteiger partial charge in [0.2, 0.25) is 0 Å². The molecule has 114 valence electrons. The van der Waals surface area contributed by atoms with E-state index in [1.54, 1.807) is 6.20 Å². The van der Waals surface area contributed by atoms with Crippen molar-refractivity contribution in [1.82, 2.24) is 9.78 Å². The molecule has 0 aliphatic heterocycles. The van der Waals surface area contributed by atoms with Crippen LogP contribution in [0, 0.1) is 0 Å². The molecule has 0 saturated carbocycles. The number of thioether (sulfide) groups is 1. The van der Waals surface area contributed by atoms with E-state index >= 15 is 0 Å². The van der Waals surface area contributed by atoms with E-state index in [1.165, 1.54) is 29.7 Å². The van der Waals surface area contributed by atoms with Gasteiger partial charge in [0.15, 0.2) is 0 Å². The van der Waals surface area contributed by atoms with Gasteiger partial charge in [-0.05, 0) is 38.7 Å². The van der Waals surface area contributed by atoms with Crippen LogP contribution in [0.1, 0.15) is 45.6 Å². The Kier molecular flexibility index (Phi) is 8.07. The summed E-state index contributed by atoms with van der Waals surface area (Å²) in [6.07, 6.45) is 8.57. The molecule has 0 aliphatic rings. The monoisotopic (exact) mass is 317 g/mol. The number of nitrogens with one attached hydrogen (secondary N) is 1. The van der Waals surface area contributed by atoms with Crippen molar-refractivity contribution in [3.05, 3.63) is 21.6 Å². The molecular formula is C14H24ClN3OS. The smallest absolute Gasteiger partial charge is 0.287 e. The Labute approximate surface area is 130 Å². The van der Waals surface area contributed by atoms with Gasteiger partial charge in [-0.3, -0.25) is 4.79 Å². The van der Waals surface area contributed by atoms with Crippen molar-refractivity contribution >= 4 is 29.1 Å². The lowest BCUT2D eigenvalue weighted by molar-refractivity contribution is 0.503. The summed E-state index contributed by atoms with van der Waals surface area (Å²) in [5, 5.41) is 7.56. The Morgan fingerprint density at radius 2 is 2.05 bits per heavy atom. The number of anilines is 1. The molecule has 0 atom stereocenters. The van der Waals surface area contributed by atoms with Crippen molar-refractivity contribution in [2.45, 2.75) is 45.6 Å². The van der Waals surface area contributed by atoms with Gasteiger partial charge in [-0.25, -0.2) is 4.68 Å². The summed E-state index contributed by atoms with van der Waals surface area (Å²) in [4.78, 5) is 12.0. The summed E-state index contributed by atoms with van der Waals surface area (Å²) in [5.74, 6) is 1.23. The molecule has 4 nitrogen and oxygen atoms in total. The minimum atomic E-state index is -0.230. The van der Waals surface area contributed by atoms with Crippen molar-refractivity contribution in [3.8, 4) is 0 Å². The van der Waals surface area contributed by atoms with Gasteiger partial charge in [-0.1, -0.05) is 24.4 Å². The maximum Gasteiger partial charge on any atom is 0.287 e. The summed E-state index contributed by atoms with van der Waals surface area (Å²) in [6, 6.07) is 0.0190. The van der Waals surface area contributed by atoms with Crippen molar-refractivity contribution < 1.29 is 0 Å². The minimum absolute atomic E-state index is 0.0190. The maximum absolute atomic E-state index is 12.0. The number of aromatic nitrogens is 2. The van der Waals surface area contributed by atoms with Crippen LogP contribution in [0.2, 0.25) is 5.02 Å². The summed E-state index contributed by atoms with van der Waals surface area (Å²) in [7, 11) is 0. The molecule has 0 fully saturated rings. The van der Waals surface area contributed by atoms with Crippen LogP contribution in [-0.2, 0) is 0 Å². The third kappa shape index (κ3) is 5.37. The molecular weight excluding hydrogens is 294 g/mol. The highest BCUT2D eigenvalue weighted by molar-refractivity contribution is 7.98. The van der Waals surface area contributed by atoms with E-state index in [2.05, 4.69) is 16.7 Å². The third-order valence-electron chi connectivity index (χ3n) is 3.02. The Bertz CT molecular complexity index is 462. The van der Waals surface area contributed by atoms with Gasteiger partial charge >= 0.3 is 0 Å². The van der Waals surface area contributed by atoms with Crippen LogP contribution in [0.4, 0.5) is 5.69 Å². The normalized spacial score (nSPS) is 11.1. The largest absolute Gasteiger partial charge is 0.382 e. The molecule has 1 heterocycles. The fourth-order valence-electron chi connectivity index (χ4n) is 1.88. The maximum atomic E-state index is 12.0. The average Bonchev–Trinajstić information content (AvgIpc) is 2.42. The molecule has 1 aromatic rings. The van der Waals surface area contributed by atoms with Crippen LogP contribution in [0.3, 0.4) is 0 Å². The van der Waals surface area contributed by atoms with Gasteiger partial charge in [0, 0.05) is 6.54 Å². The molecule has 0 aliphatic carbocycles. The fourth-order valence-corrected chi connectivity index (χ4v) is 2.58. The zero-order valence-electron chi connectivity index (χ0n) is 12.5. The first kappa shape index (κ1) is 17.4. The number of nitrogens with zero attached hydrogens (tertiary/aromatic N) is 2. The van der Waals surface area contributed by atoms with E-state index in [0.29, 0.717) is 5.69 Å². The lowest BCUT2D eigenvalue weighted by Crippen LogP contribution is -2.25.